The summed E-state index contributed by atoms with van der Waals surface area (Å²) in [4.78, 5) is 10.8. The first-order valence-electron chi connectivity index (χ1n) is 6.22. The first-order chi connectivity index (χ1) is 9.16. The van der Waals surface area contributed by atoms with Crippen molar-refractivity contribution >= 4 is 11.7 Å². The van der Waals surface area contributed by atoms with Crippen LogP contribution in [-0.4, -0.2) is 27.4 Å². The topological polar surface area (TPSA) is 67.2 Å². The Morgan fingerprint density at radius 1 is 1.47 bits per heavy atom. The van der Waals surface area contributed by atoms with Gasteiger partial charge in [0.25, 0.3) is 0 Å². The zero-order valence-electron chi connectivity index (χ0n) is 10.8. The van der Waals surface area contributed by atoms with Crippen LogP contribution in [0.15, 0.2) is 36.7 Å². The molecule has 0 unspecified atom stereocenters. The molecule has 5 nitrogen and oxygen atoms in total. The summed E-state index contributed by atoms with van der Waals surface area (Å²) in [6, 6.07) is 7.01. The minimum atomic E-state index is -0.895. The predicted molar refractivity (Wildman–Crippen MR) is 73.5 cm³/mol. The predicted octanol–water partition coefficient (Wildman–Crippen LogP) is 2.39. The minimum Gasteiger partial charge on any atom is -0.478 e. The third-order valence-electron chi connectivity index (χ3n) is 2.91. The number of carboxylic acid groups (broad SMARTS) is 1. The van der Waals surface area contributed by atoms with Crippen LogP contribution in [0.4, 0.5) is 5.69 Å². The molecular weight excluding hydrogens is 242 g/mol. The van der Waals surface area contributed by atoms with E-state index >= 15 is 0 Å². The minimum absolute atomic E-state index is 0.319. The van der Waals surface area contributed by atoms with Crippen LogP contribution in [0.5, 0.6) is 0 Å². The summed E-state index contributed by atoms with van der Waals surface area (Å²) in [5.74, 6) is -0.895. The summed E-state index contributed by atoms with van der Waals surface area (Å²) in [5.41, 5.74) is 2.24. The molecule has 19 heavy (non-hydrogen) atoms. The van der Waals surface area contributed by atoms with Crippen molar-refractivity contribution in [3.63, 3.8) is 0 Å². The number of aryl methyl sites for hydroxylation is 2. The highest BCUT2D eigenvalue weighted by atomic mass is 16.4. The van der Waals surface area contributed by atoms with E-state index in [0.29, 0.717) is 5.56 Å². The van der Waals surface area contributed by atoms with Crippen LogP contribution in [-0.2, 0) is 6.54 Å². The Labute approximate surface area is 111 Å². The van der Waals surface area contributed by atoms with Crippen LogP contribution in [0.2, 0.25) is 0 Å². The molecule has 2 N–H and O–H groups in total. The quantitative estimate of drug-likeness (QED) is 0.782. The molecule has 0 fully saturated rings. The second-order valence-corrected chi connectivity index (χ2v) is 4.38. The van der Waals surface area contributed by atoms with E-state index in [1.807, 2.05) is 29.9 Å². The largest absolute Gasteiger partial charge is 0.478 e. The first kappa shape index (κ1) is 13.1. The molecule has 2 rings (SSSR count). The van der Waals surface area contributed by atoms with Gasteiger partial charge in [-0.25, -0.2) is 4.79 Å². The fraction of sp³-hybridized carbons (Fsp3) is 0.286. The van der Waals surface area contributed by atoms with E-state index in [4.69, 9.17) is 5.11 Å². The molecule has 1 aromatic carbocycles. The number of carbonyl (C=O) groups is 1. The number of benzene rings is 1. The van der Waals surface area contributed by atoms with Gasteiger partial charge in [0.05, 0.1) is 5.56 Å². The number of anilines is 1. The second-order valence-electron chi connectivity index (χ2n) is 4.38. The van der Waals surface area contributed by atoms with E-state index in [1.54, 1.807) is 18.3 Å². The monoisotopic (exact) mass is 259 g/mol. The fourth-order valence-corrected chi connectivity index (χ4v) is 1.89. The Morgan fingerprint density at radius 2 is 2.32 bits per heavy atom. The zero-order chi connectivity index (χ0) is 13.7. The van der Waals surface area contributed by atoms with Gasteiger partial charge in [0.15, 0.2) is 0 Å². The number of hydrogen-bond donors (Lipinski definition) is 2. The van der Waals surface area contributed by atoms with Crippen molar-refractivity contribution in [3.05, 3.63) is 47.8 Å². The van der Waals surface area contributed by atoms with Crippen LogP contribution in [0.25, 0.3) is 0 Å². The highest BCUT2D eigenvalue weighted by Gasteiger charge is 2.05. The lowest BCUT2D eigenvalue weighted by atomic mass is 10.1. The van der Waals surface area contributed by atoms with Crippen molar-refractivity contribution in [2.45, 2.75) is 19.9 Å². The normalized spacial score (nSPS) is 10.4. The first-order valence-corrected chi connectivity index (χ1v) is 6.22. The molecule has 2 aromatic rings. The van der Waals surface area contributed by atoms with Gasteiger partial charge >= 0.3 is 5.97 Å². The van der Waals surface area contributed by atoms with Crippen LogP contribution in [0.3, 0.4) is 0 Å². The van der Waals surface area contributed by atoms with E-state index in [0.717, 1.165) is 30.8 Å². The highest BCUT2D eigenvalue weighted by Crippen LogP contribution is 2.16. The lowest BCUT2D eigenvalue weighted by Crippen LogP contribution is -2.08. The van der Waals surface area contributed by atoms with Crippen molar-refractivity contribution in [2.75, 3.05) is 11.9 Å². The van der Waals surface area contributed by atoms with E-state index < -0.39 is 5.97 Å². The number of aromatic nitrogens is 2. The van der Waals surface area contributed by atoms with Crippen LogP contribution in [0.1, 0.15) is 22.3 Å². The smallest absolute Gasteiger partial charge is 0.335 e. The summed E-state index contributed by atoms with van der Waals surface area (Å²) >= 11 is 0. The molecule has 0 bridgehead atoms. The molecule has 0 atom stereocenters. The van der Waals surface area contributed by atoms with Crippen molar-refractivity contribution in [1.29, 1.82) is 0 Å². The van der Waals surface area contributed by atoms with Gasteiger partial charge in [0.1, 0.15) is 0 Å². The lowest BCUT2D eigenvalue weighted by Gasteiger charge is -2.10. The van der Waals surface area contributed by atoms with Crippen molar-refractivity contribution in [2.24, 2.45) is 0 Å². The van der Waals surface area contributed by atoms with Gasteiger partial charge in [0.2, 0.25) is 0 Å². The Balaban J connectivity index is 1.84. The summed E-state index contributed by atoms with van der Waals surface area (Å²) < 4.78 is 1.89. The summed E-state index contributed by atoms with van der Waals surface area (Å²) in [6.45, 7) is 3.60. The molecule has 1 heterocycles. The van der Waals surface area contributed by atoms with Gasteiger partial charge in [-0.1, -0.05) is 0 Å². The molecule has 0 aliphatic carbocycles. The van der Waals surface area contributed by atoms with Gasteiger partial charge in [-0.2, -0.15) is 5.10 Å². The maximum atomic E-state index is 10.8. The summed E-state index contributed by atoms with van der Waals surface area (Å²) in [5, 5.41) is 16.3. The summed E-state index contributed by atoms with van der Waals surface area (Å²) in [6.07, 6.45) is 4.66. The molecule has 0 radical (unpaired) electrons. The fourth-order valence-electron chi connectivity index (χ4n) is 1.89. The second kappa shape index (κ2) is 6.04. The number of carboxylic acids is 1. The van der Waals surface area contributed by atoms with Gasteiger partial charge < -0.3 is 10.4 Å². The molecule has 0 saturated heterocycles. The van der Waals surface area contributed by atoms with Gasteiger partial charge in [-0.15, -0.1) is 0 Å². The molecular formula is C14H17N3O2. The van der Waals surface area contributed by atoms with Gasteiger partial charge in [0, 0.05) is 31.2 Å². The van der Waals surface area contributed by atoms with Gasteiger partial charge in [-0.05, 0) is 43.2 Å². The molecule has 0 saturated carbocycles. The van der Waals surface area contributed by atoms with E-state index in [2.05, 4.69) is 10.4 Å². The van der Waals surface area contributed by atoms with Crippen LogP contribution >= 0.6 is 0 Å². The van der Waals surface area contributed by atoms with Crippen LogP contribution < -0.4 is 5.32 Å². The molecule has 0 amide bonds. The number of aromatic carboxylic acids is 1. The molecule has 5 heteroatoms. The third-order valence-corrected chi connectivity index (χ3v) is 2.91. The number of nitrogens with one attached hydrogen (secondary N) is 1. The summed E-state index contributed by atoms with van der Waals surface area (Å²) in [7, 11) is 0. The van der Waals surface area contributed by atoms with E-state index in [-0.39, 0.29) is 0 Å². The maximum Gasteiger partial charge on any atom is 0.335 e. The van der Waals surface area contributed by atoms with Crippen molar-refractivity contribution < 1.29 is 9.90 Å². The molecule has 0 spiro atoms. The standard InChI is InChI=1S/C14H17N3O2/c1-11-10-12(14(18)19)4-5-13(11)15-6-2-8-17-9-3-7-16-17/h3-5,7,9-10,15H,2,6,8H2,1H3,(H,18,19). The van der Waals surface area contributed by atoms with E-state index in [1.165, 1.54) is 0 Å². The number of rotatable bonds is 6. The molecule has 1 aromatic heterocycles. The van der Waals surface area contributed by atoms with E-state index in [9.17, 15) is 4.79 Å². The number of hydrogen-bond acceptors (Lipinski definition) is 3. The Bertz CT molecular complexity index is 550. The van der Waals surface area contributed by atoms with Crippen molar-refractivity contribution in [1.82, 2.24) is 9.78 Å². The van der Waals surface area contributed by atoms with Crippen molar-refractivity contribution in [3.8, 4) is 0 Å². The Morgan fingerprint density at radius 3 is 2.95 bits per heavy atom. The molecule has 100 valence electrons. The third kappa shape index (κ3) is 3.58. The number of nitrogens with zero attached hydrogens (tertiary/aromatic N) is 2. The maximum absolute atomic E-state index is 10.8. The van der Waals surface area contributed by atoms with Gasteiger partial charge in [-0.3, -0.25) is 4.68 Å². The average Bonchev–Trinajstić information content (AvgIpc) is 2.89. The van der Waals surface area contributed by atoms with Crippen LogP contribution in [0, 0.1) is 6.92 Å². The lowest BCUT2D eigenvalue weighted by molar-refractivity contribution is 0.0697. The molecule has 0 aliphatic heterocycles. The Hall–Kier alpha value is -2.30. The highest BCUT2D eigenvalue weighted by molar-refractivity contribution is 5.88. The SMILES string of the molecule is Cc1cc(C(=O)O)ccc1NCCCn1cccn1. The average molecular weight is 259 g/mol. The molecule has 0 aliphatic rings. The Kier molecular flexibility index (Phi) is 4.18. The zero-order valence-corrected chi connectivity index (χ0v) is 10.8.